The summed E-state index contributed by atoms with van der Waals surface area (Å²) in [4.78, 5) is 0. The number of benzene rings is 2. The summed E-state index contributed by atoms with van der Waals surface area (Å²) in [5.74, 6) is -8.19. The summed E-state index contributed by atoms with van der Waals surface area (Å²) in [6, 6.07) is 4.95. The summed E-state index contributed by atoms with van der Waals surface area (Å²) in [7, 11) is 0. The summed E-state index contributed by atoms with van der Waals surface area (Å²) in [5, 5.41) is -0.265. The minimum Gasteiger partial charge on any atom is -0.221 e. The van der Waals surface area contributed by atoms with Crippen LogP contribution >= 0.6 is 11.6 Å². The van der Waals surface area contributed by atoms with Crippen molar-refractivity contribution < 1.29 is 43.9 Å². The molecule has 0 spiro atoms. The molecule has 2 aromatic carbocycles. The van der Waals surface area contributed by atoms with Crippen molar-refractivity contribution in [3.8, 4) is 11.1 Å². The van der Waals surface area contributed by atoms with E-state index in [4.69, 9.17) is 11.6 Å². The number of alkyl halides is 9. The van der Waals surface area contributed by atoms with Crippen molar-refractivity contribution >= 4 is 11.6 Å². The maximum Gasteiger partial charge on any atom is 0.457 e. The zero-order valence-electron chi connectivity index (χ0n) is 15.2. The van der Waals surface area contributed by atoms with Gasteiger partial charge in [0.25, 0.3) is 0 Å². The van der Waals surface area contributed by atoms with Crippen molar-refractivity contribution in [2.45, 2.75) is 44.2 Å². The number of hydrogen-bond donors (Lipinski definition) is 0. The Kier molecular flexibility index (Phi) is 6.17. The Labute approximate surface area is 169 Å². The van der Waals surface area contributed by atoms with Crippen LogP contribution in [-0.4, -0.2) is 18.3 Å². The second-order valence-corrected chi connectivity index (χ2v) is 6.86. The van der Waals surface area contributed by atoms with Crippen molar-refractivity contribution in [1.29, 1.82) is 0 Å². The van der Waals surface area contributed by atoms with Crippen molar-refractivity contribution in [2.75, 3.05) is 0 Å². The van der Waals surface area contributed by atoms with E-state index in [1.54, 1.807) is 0 Å². The smallest absolute Gasteiger partial charge is 0.221 e. The molecule has 0 nitrogen and oxygen atoms in total. The lowest BCUT2D eigenvalue weighted by molar-refractivity contribution is -0.389. The third-order valence-corrected chi connectivity index (χ3v) is 4.62. The van der Waals surface area contributed by atoms with Crippen LogP contribution in [-0.2, 0) is 12.1 Å². The first kappa shape index (κ1) is 24.3. The number of halogens is 11. The van der Waals surface area contributed by atoms with Crippen LogP contribution < -0.4 is 0 Å². The van der Waals surface area contributed by atoms with Crippen molar-refractivity contribution in [2.24, 2.45) is 0 Å². The monoisotopic (exact) mass is 465 g/mol. The largest absolute Gasteiger partial charge is 0.457 e. The zero-order chi connectivity index (χ0) is 23.3. The Hall–Kier alpha value is -1.97. The van der Waals surface area contributed by atoms with Crippen LogP contribution in [0.2, 0.25) is 5.02 Å². The Morgan fingerprint density at radius 1 is 0.900 bits per heavy atom. The predicted octanol–water partition coefficient (Wildman–Crippen LogP) is 7.74. The van der Waals surface area contributed by atoms with Gasteiger partial charge in [-0.25, -0.2) is 8.78 Å². The molecule has 0 aliphatic rings. The molecule has 0 bridgehead atoms. The quantitative estimate of drug-likeness (QED) is 0.405. The first-order valence-electron chi connectivity index (χ1n) is 8.20. The molecule has 0 saturated carbocycles. The van der Waals surface area contributed by atoms with Crippen LogP contribution in [0.25, 0.3) is 11.1 Å². The molecule has 0 aliphatic carbocycles. The molecule has 0 saturated heterocycles. The van der Waals surface area contributed by atoms with Gasteiger partial charge in [0.15, 0.2) is 0 Å². The van der Waals surface area contributed by atoms with Crippen molar-refractivity contribution in [1.82, 2.24) is 0 Å². The third-order valence-electron chi connectivity index (χ3n) is 4.38. The Balaban J connectivity index is 3.11. The topological polar surface area (TPSA) is 0 Å². The maximum atomic E-state index is 15.2. The molecule has 1 radical (unpaired) electrons. The van der Waals surface area contributed by atoms with E-state index in [0.717, 1.165) is 13.0 Å². The van der Waals surface area contributed by atoms with E-state index >= 15 is 4.39 Å². The Morgan fingerprint density at radius 3 is 1.93 bits per heavy atom. The molecule has 165 valence electrons. The van der Waals surface area contributed by atoms with Gasteiger partial charge in [-0.2, -0.15) is 35.1 Å². The van der Waals surface area contributed by atoms with Gasteiger partial charge in [0.2, 0.25) is 0 Å². The van der Waals surface area contributed by atoms with Gasteiger partial charge in [-0.1, -0.05) is 24.6 Å². The highest BCUT2D eigenvalue weighted by Crippen LogP contribution is 2.60. The average molecular weight is 466 g/mol. The molecular formula is C19H12ClF10. The summed E-state index contributed by atoms with van der Waals surface area (Å²) >= 11 is 5.69. The third kappa shape index (κ3) is 3.74. The molecule has 0 aliphatic heterocycles. The van der Waals surface area contributed by atoms with Gasteiger partial charge in [0.05, 0.1) is 0 Å². The van der Waals surface area contributed by atoms with E-state index in [0.29, 0.717) is 12.1 Å². The van der Waals surface area contributed by atoms with E-state index in [-0.39, 0.29) is 23.1 Å². The molecule has 30 heavy (non-hydrogen) atoms. The molecule has 0 fully saturated rings. The first-order valence-corrected chi connectivity index (χ1v) is 8.58. The van der Waals surface area contributed by atoms with Crippen LogP contribution in [0, 0.1) is 18.8 Å². The van der Waals surface area contributed by atoms with Crippen LogP contribution in [0.4, 0.5) is 43.9 Å². The lowest BCUT2D eigenvalue weighted by atomic mass is 9.79. The molecular weight excluding hydrogens is 454 g/mol. The zero-order valence-corrected chi connectivity index (χ0v) is 15.9. The van der Waals surface area contributed by atoms with Crippen LogP contribution in [0.1, 0.15) is 23.6 Å². The standard InChI is InChI=1S/C19H12ClF10/c1-3-10-6-9(2)7-13(15(10)12-8-11(20)4-5-14(12)21)16(22,18(25,26)27)17(23,24)19(28,29)30/h4-5,7-8H,3H2,1-2H3. The van der Waals surface area contributed by atoms with E-state index in [9.17, 15) is 39.5 Å². The van der Waals surface area contributed by atoms with Gasteiger partial charge < -0.3 is 0 Å². The molecule has 2 rings (SSSR count). The number of rotatable bonds is 4. The molecule has 1 atom stereocenters. The maximum absolute atomic E-state index is 15.2. The van der Waals surface area contributed by atoms with E-state index in [1.165, 1.54) is 6.92 Å². The van der Waals surface area contributed by atoms with Crippen LogP contribution in [0.3, 0.4) is 0 Å². The van der Waals surface area contributed by atoms with E-state index < -0.39 is 52.0 Å². The molecule has 2 aromatic rings. The van der Waals surface area contributed by atoms with Gasteiger partial charge in [0, 0.05) is 16.1 Å². The highest BCUT2D eigenvalue weighted by Gasteiger charge is 2.82. The SMILES string of the molecule is CCc1[c]c(C)cc(C(F)(C(F)(F)F)C(F)(F)C(F)(F)F)c1-c1cc(Cl)ccc1F. The summed E-state index contributed by atoms with van der Waals surface area (Å²) < 4.78 is 137. The second kappa shape index (κ2) is 7.62. The fourth-order valence-corrected chi connectivity index (χ4v) is 3.19. The van der Waals surface area contributed by atoms with E-state index in [2.05, 4.69) is 6.07 Å². The van der Waals surface area contributed by atoms with Gasteiger partial charge >= 0.3 is 23.9 Å². The highest BCUT2D eigenvalue weighted by molar-refractivity contribution is 6.30. The van der Waals surface area contributed by atoms with Gasteiger partial charge in [0.1, 0.15) is 5.82 Å². The average Bonchev–Trinajstić information content (AvgIpc) is 2.60. The molecule has 11 heteroatoms. The first-order chi connectivity index (χ1) is 13.5. The normalized spacial score (nSPS) is 15.2. The van der Waals surface area contributed by atoms with Gasteiger partial charge in [-0.05, 0) is 54.3 Å². The predicted molar refractivity (Wildman–Crippen MR) is 89.6 cm³/mol. The minimum absolute atomic E-state index is 0.155. The number of hydrogen-bond acceptors (Lipinski definition) is 0. The Bertz CT molecular complexity index is 946. The fraction of sp³-hybridized carbons (Fsp3) is 0.368. The lowest BCUT2D eigenvalue weighted by Crippen LogP contribution is -2.60. The summed E-state index contributed by atoms with van der Waals surface area (Å²) in [6.07, 6.45) is -13.9. The molecule has 1 unspecified atom stereocenters. The summed E-state index contributed by atoms with van der Waals surface area (Å²) in [5.41, 5.74) is -11.0. The molecule has 0 N–H and O–H groups in total. The fourth-order valence-electron chi connectivity index (χ4n) is 3.02. The van der Waals surface area contributed by atoms with Gasteiger partial charge in [-0.15, -0.1) is 0 Å². The van der Waals surface area contributed by atoms with Crippen molar-refractivity contribution in [3.05, 3.63) is 57.9 Å². The molecule has 0 amide bonds. The number of aryl methyl sites for hydroxylation is 2. The molecule has 0 aromatic heterocycles. The second-order valence-electron chi connectivity index (χ2n) is 6.43. The minimum atomic E-state index is -6.90. The van der Waals surface area contributed by atoms with Crippen LogP contribution in [0.5, 0.6) is 0 Å². The molecule has 0 heterocycles. The van der Waals surface area contributed by atoms with Crippen LogP contribution in [0.15, 0.2) is 24.3 Å². The van der Waals surface area contributed by atoms with Crippen molar-refractivity contribution in [3.63, 3.8) is 0 Å². The van der Waals surface area contributed by atoms with Gasteiger partial charge in [-0.3, -0.25) is 0 Å². The van der Waals surface area contributed by atoms with E-state index in [1.807, 2.05) is 0 Å². The lowest BCUT2D eigenvalue weighted by Gasteiger charge is -2.37. The summed E-state index contributed by atoms with van der Waals surface area (Å²) in [6.45, 7) is 2.33. The highest BCUT2D eigenvalue weighted by atomic mass is 35.5. The Morgan fingerprint density at radius 2 is 1.47 bits per heavy atom.